The van der Waals surface area contributed by atoms with Crippen molar-refractivity contribution in [2.45, 2.75) is 25.9 Å². The van der Waals surface area contributed by atoms with E-state index in [-0.39, 0.29) is 0 Å². The summed E-state index contributed by atoms with van der Waals surface area (Å²) in [7, 11) is -1.98. The van der Waals surface area contributed by atoms with Crippen molar-refractivity contribution in [1.82, 2.24) is 0 Å². The van der Waals surface area contributed by atoms with Crippen LogP contribution in [-0.2, 0) is 0 Å². The Hall–Kier alpha value is -6.80. The molecule has 0 saturated heterocycles. The van der Waals surface area contributed by atoms with Crippen LogP contribution >= 0.6 is 0 Å². The van der Waals surface area contributed by atoms with Crippen LogP contribution in [-0.4, -0.2) is 8.07 Å². The highest BCUT2D eigenvalue weighted by atomic mass is 28.3. The first-order valence-electron chi connectivity index (χ1n) is 21.1. The van der Waals surface area contributed by atoms with E-state index in [0.717, 1.165) is 12.8 Å². The smallest absolute Gasteiger partial charge is 0.0763 e. The molecule has 10 aromatic rings. The maximum absolute atomic E-state index is 2.65. The Morgan fingerprint density at radius 3 is 1.73 bits per heavy atom. The van der Waals surface area contributed by atoms with Crippen molar-refractivity contribution in [3.8, 4) is 44.5 Å². The Morgan fingerprint density at radius 1 is 0.373 bits per heavy atom. The summed E-state index contributed by atoms with van der Waals surface area (Å²) < 4.78 is 0. The molecule has 278 valence electrons. The topological polar surface area (TPSA) is 0 Å². The van der Waals surface area contributed by atoms with Crippen LogP contribution in [0.5, 0.6) is 0 Å². The van der Waals surface area contributed by atoms with Gasteiger partial charge in [0.2, 0.25) is 0 Å². The van der Waals surface area contributed by atoms with Gasteiger partial charge in [-0.05, 0) is 145 Å². The number of hydrogen-bond acceptors (Lipinski definition) is 0. The standard InChI is InChI=1S/C58H42Si/c1-59(2)55-27-10-9-23-48(55)51-35-53-54(36-56(51)59)58(49-26-13-19-39-16-5-8-22-46(39)49)52-34-42(47-25-12-18-38-15-4-7-21-44(38)47)32-33-50(52)57(53)41-30-28-40(29-31-41)45-24-11-17-37-14-3-6-20-43(37)45/h3-12,14-25,27-36H,13,26H2,1-2H3. The molecular weight excluding hydrogens is 725 g/mol. The molecule has 0 N–H and O–H groups in total. The molecule has 1 aliphatic carbocycles. The Bertz CT molecular complexity index is 3500. The quantitative estimate of drug-likeness (QED) is 0.124. The first kappa shape index (κ1) is 34.3. The summed E-state index contributed by atoms with van der Waals surface area (Å²) in [6, 6.07) is 71.2. The normalized spacial score (nSPS) is 14.0. The molecular formula is C58H42Si. The molecule has 0 spiro atoms. The van der Waals surface area contributed by atoms with Crippen molar-refractivity contribution in [2.75, 3.05) is 0 Å². The second kappa shape index (κ2) is 13.1. The second-order valence-corrected chi connectivity index (χ2v) is 21.4. The molecule has 1 heteroatoms. The van der Waals surface area contributed by atoms with Crippen LogP contribution in [0.25, 0.3) is 99.2 Å². The van der Waals surface area contributed by atoms with Gasteiger partial charge in [0.1, 0.15) is 8.07 Å². The van der Waals surface area contributed by atoms with Crippen LogP contribution in [0.2, 0.25) is 13.1 Å². The van der Waals surface area contributed by atoms with Crippen LogP contribution in [0, 0.1) is 0 Å². The van der Waals surface area contributed by atoms with E-state index in [2.05, 4.69) is 207 Å². The summed E-state index contributed by atoms with van der Waals surface area (Å²) in [6.45, 7) is 5.10. The largest absolute Gasteiger partial charge is 0.113 e. The van der Waals surface area contributed by atoms with Crippen molar-refractivity contribution >= 4 is 73.2 Å². The van der Waals surface area contributed by atoms with Crippen LogP contribution in [0.3, 0.4) is 0 Å². The van der Waals surface area contributed by atoms with Crippen LogP contribution in [0.15, 0.2) is 188 Å². The fraction of sp³-hybridized carbons (Fsp3) is 0.0690. The van der Waals surface area contributed by atoms with Gasteiger partial charge in [-0.25, -0.2) is 0 Å². The molecule has 0 unspecified atom stereocenters. The van der Waals surface area contributed by atoms with Gasteiger partial charge in [-0.2, -0.15) is 0 Å². The maximum Gasteiger partial charge on any atom is 0.113 e. The van der Waals surface area contributed by atoms with E-state index in [1.54, 1.807) is 10.4 Å². The zero-order valence-electron chi connectivity index (χ0n) is 33.4. The molecule has 12 rings (SSSR count). The zero-order chi connectivity index (χ0) is 39.2. The van der Waals surface area contributed by atoms with Crippen molar-refractivity contribution in [2.24, 2.45) is 0 Å². The van der Waals surface area contributed by atoms with Crippen LogP contribution < -0.4 is 20.8 Å². The minimum Gasteiger partial charge on any atom is -0.0763 e. The predicted octanol–water partition coefficient (Wildman–Crippen LogP) is 12.9. The summed E-state index contributed by atoms with van der Waals surface area (Å²) in [5, 5.41) is 16.2. The van der Waals surface area contributed by atoms with Gasteiger partial charge < -0.3 is 0 Å². The van der Waals surface area contributed by atoms with E-state index in [1.165, 1.54) is 109 Å². The molecule has 0 atom stereocenters. The van der Waals surface area contributed by atoms with Crippen LogP contribution in [0.1, 0.15) is 18.4 Å². The zero-order valence-corrected chi connectivity index (χ0v) is 34.4. The SMILES string of the molecule is C[Si]1(C)c2ccccc2-c2cc3c(-c4ccc(-c5cccc6ccccc56)cc4)c4ccc(-c5cccc6ccccc56)cc4c(C4=c5ccccc5=CCC4)c3cc21. The predicted molar refractivity (Wildman–Crippen MR) is 257 cm³/mol. The molecule has 59 heavy (non-hydrogen) atoms. The molecule has 10 aromatic carbocycles. The van der Waals surface area contributed by atoms with Crippen molar-refractivity contribution in [3.05, 3.63) is 204 Å². The third-order valence-corrected chi connectivity index (χ3v) is 17.1. The van der Waals surface area contributed by atoms with Gasteiger partial charge in [0.25, 0.3) is 0 Å². The van der Waals surface area contributed by atoms with Gasteiger partial charge in [-0.15, -0.1) is 0 Å². The van der Waals surface area contributed by atoms with Gasteiger partial charge >= 0.3 is 0 Å². The first-order chi connectivity index (χ1) is 29.0. The summed E-state index contributed by atoms with van der Waals surface area (Å²) >= 11 is 0. The average molecular weight is 767 g/mol. The Balaban J connectivity index is 1.22. The minimum atomic E-state index is -1.98. The van der Waals surface area contributed by atoms with E-state index in [0.29, 0.717) is 0 Å². The monoisotopic (exact) mass is 766 g/mol. The first-order valence-corrected chi connectivity index (χ1v) is 24.1. The van der Waals surface area contributed by atoms with Crippen molar-refractivity contribution in [3.63, 3.8) is 0 Å². The summed E-state index contributed by atoms with van der Waals surface area (Å²) in [5.74, 6) is 0. The highest BCUT2D eigenvalue weighted by Gasteiger charge is 2.38. The van der Waals surface area contributed by atoms with E-state index in [1.807, 2.05) is 0 Å². The molecule has 0 saturated carbocycles. The average Bonchev–Trinajstić information content (AvgIpc) is 3.51. The second-order valence-electron chi connectivity index (χ2n) is 17.1. The summed E-state index contributed by atoms with van der Waals surface area (Å²) in [6.07, 6.45) is 4.48. The molecule has 0 nitrogen and oxygen atoms in total. The Labute approximate surface area is 346 Å². The third kappa shape index (κ3) is 5.21. The Kier molecular flexibility index (Phi) is 7.61. The molecule has 0 fully saturated rings. The highest BCUT2D eigenvalue weighted by molar-refractivity contribution is 7.04. The van der Waals surface area contributed by atoms with E-state index in [4.69, 9.17) is 0 Å². The molecule has 0 aromatic heterocycles. The summed E-state index contributed by atoms with van der Waals surface area (Å²) in [5.41, 5.74) is 13.3. The minimum absolute atomic E-state index is 1.01. The van der Waals surface area contributed by atoms with E-state index in [9.17, 15) is 0 Å². The van der Waals surface area contributed by atoms with Gasteiger partial charge in [0.15, 0.2) is 0 Å². The fourth-order valence-corrected chi connectivity index (χ4v) is 13.8. The lowest BCUT2D eigenvalue weighted by molar-refractivity contribution is 1.08. The molecule has 2 aliphatic rings. The molecule has 0 radical (unpaired) electrons. The van der Waals surface area contributed by atoms with Crippen molar-refractivity contribution < 1.29 is 0 Å². The molecule has 1 aliphatic heterocycles. The number of rotatable bonds is 4. The lowest BCUT2D eigenvalue weighted by Crippen LogP contribution is -2.49. The van der Waals surface area contributed by atoms with Gasteiger partial charge in [-0.1, -0.05) is 195 Å². The van der Waals surface area contributed by atoms with Gasteiger partial charge in [-0.3, -0.25) is 0 Å². The number of benzene rings is 10. The molecule has 0 amide bonds. The lowest BCUT2D eigenvalue weighted by Gasteiger charge is -2.24. The fourth-order valence-electron chi connectivity index (χ4n) is 10.7. The van der Waals surface area contributed by atoms with Gasteiger partial charge in [0, 0.05) is 0 Å². The van der Waals surface area contributed by atoms with E-state index < -0.39 is 8.07 Å². The molecule has 0 bridgehead atoms. The maximum atomic E-state index is 2.65. The van der Waals surface area contributed by atoms with Gasteiger partial charge in [0.05, 0.1) is 0 Å². The molecule has 1 heterocycles. The van der Waals surface area contributed by atoms with Crippen LogP contribution in [0.4, 0.5) is 0 Å². The highest BCUT2D eigenvalue weighted by Crippen LogP contribution is 2.46. The Morgan fingerprint density at radius 2 is 0.949 bits per heavy atom. The number of hydrogen-bond donors (Lipinski definition) is 0. The lowest BCUT2D eigenvalue weighted by atomic mass is 9.81. The van der Waals surface area contributed by atoms with E-state index >= 15 is 0 Å². The number of fused-ring (bicyclic) bond motifs is 8. The summed E-state index contributed by atoms with van der Waals surface area (Å²) in [4.78, 5) is 0. The third-order valence-electron chi connectivity index (χ3n) is 13.5. The van der Waals surface area contributed by atoms with Crippen molar-refractivity contribution in [1.29, 1.82) is 0 Å².